The molecule has 0 N–H and O–H groups in total. The van der Waals surface area contributed by atoms with Crippen LogP contribution in [-0.4, -0.2) is 20.5 Å². The first-order valence-electron chi connectivity index (χ1n) is 6.04. The Morgan fingerprint density at radius 1 is 1.00 bits per heavy atom. The topological polar surface area (TPSA) is 35.5 Å². The molecule has 0 amide bonds. The van der Waals surface area contributed by atoms with Crippen LogP contribution in [0.1, 0.15) is 5.56 Å². The highest BCUT2D eigenvalue weighted by molar-refractivity contribution is 5.79. The maximum atomic E-state index is 10.8. The van der Waals surface area contributed by atoms with Gasteiger partial charge in [-0.1, -0.05) is 36.4 Å². The standard InChI is InChI=1S/C16H16O3/c1-18-14-9-8-13(10-11-17)15(16(14)19-2)12-6-4-3-5-7-12/h3-9,11H,10H2,1-2H3. The van der Waals surface area contributed by atoms with Gasteiger partial charge in [0.1, 0.15) is 6.29 Å². The average Bonchev–Trinajstić information content (AvgIpc) is 2.47. The number of hydrogen-bond acceptors (Lipinski definition) is 3. The molecule has 0 aliphatic carbocycles. The lowest BCUT2D eigenvalue weighted by Gasteiger charge is -2.16. The second-order valence-electron chi connectivity index (χ2n) is 4.07. The van der Waals surface area contributed by atoms with Crippen LogP contribution in [0, 0.1) is 0 Å². The minimum Gasteiger partial charge on any atom is -0.493 e. The lowest BCUT2D eigenvalue weighted by Crippen LogP contribution is -1.98. The van der Waals surface area contributed by atoms with Gasteiger partial charge in [0.15, 0.2) is 11.5 Å². The molecule has 2 aromatic carbocycles. The molecule has 0 heterocycles. The lowest BCUT2D eigenvalue weighted by molar-refractivity contribution is -0.107. The molecule has 0 aromatic heterocycles. The van der Waals surface area contributed by atoms with Crippen LogP contribution in [0.5, 0.6) is 11.5 Å². The van der Waals surface area contributed by atoms with Crippen LogP contribution in [0.4, 0.5) is 0 Å². The summed E-state index contributed by atoms with van der Waals surface area (Å²) in [6, 6.07) is 13.6. The minimum atomic E-state index is 0.352. The van der Waals surface area contributed by atoms with Gasteiger partial charge in [0.05, 0.1) is 14.2 Å². The van der Waals surface area contributed by atoms with E-state index in [1.807, 2.05) is 42.5 Å². The summed E-state index contributed by atoms with van der Waals surface area (Å²) in [6.07, 6.45) is 1.25. The number of aldehydes is 1. The Morgan fingerprint density at radius 2 is 1.74 bits per heavy atom. The SMILES string of the molecule is COc1ccc(CC=O)c(-c2ccccc2)c1OC. The van der Waals surface area contributed by atoms with Crippen LogP contribution >= 0.6 is 0 Å². The molecule has 3 heteroatoms. The summed E-state index contributed by atoms with van der Waals surface area (Å²) in [5.74, 6) is 1.32. The van der Waals surface area contributed by atoms with Crippen molar-refractivity contribution in [3.63, 3.8) is 0 Å². The van der Waals surface area contributed by atoms with E-state index in [1.165, 1.54) is 0 Å². The molecule has 0 aliphatic heterocycles. The van der Waals surface area contributed by atoms with Crippen molar-refractivity contribution < 1.29 is 14.3 Å². The van der Waals surface area contributed by atoms with Crippen LogP contribution < -0.4 is 9.47 Å². The van der Waals surface area contributed by atoms with Gasteiger partial charge in [-0.15, -0.1) is 0 Å². The Labute approximate surface area is 112 Å². The van der Waals surface area contributed by atoms with Gasteiger partial charge in [0, 0.05) is 12.0 Å². The maximum absolute atomic E-state index is 10.8. The number of benzene rings is 2. The third kappa shape index (κ3) is 2.60. The summed E-state index contributed by atoms with van der Waals surface area (Å²) in [6.45, 7) is 0. The zero-order valence-electron chi connectivity index (χ0n) is 11.1. The van der Waals surface area contributed by atoms with Crippen LogP contribution in [0.25, 0.3) is 11.1 Å². The minimum absolute atomic E-state index is 0.352. The van der Waals surface area contributed by atoms with Gasteiger partial charge in [-0.05, 0) is 17.2 Å². The Bertz CT molecular complexity index is 562. The summed E-state index contributed by atoms with van der Waals surface area (Å²) in [5.41, 5.74) is 2.85. The second kappa shape index (κ2) is 6.05. The van der Waals surface area contributed by atoms with Crippen LogP contribution in [0.2, 0.25) is 0 Å². The molecule has 0 unspecified atom stereocenters. The summed E-state index contributed by atoms with van der Waals surface area (Å²) in [4.78, 5) is 10.8. The zero-order chi connectivity index (χ0) is 13.7. The number of carbonyl (C=O) groups is 1. The van der Waals surface area contributed by atoms with Crippen molar-refractivity contribution in [1.82, 2.24) is 0 Å². The molecule has 0 radical (unpaired) electrons. The van der Waals surface area contributed by atoms with Crippen LogP contribution in [-0.2, 0) is 11.2 Å². The Morgan fingerprint density at radius 3 is 2.32 bits per heavy atom. The molecule has 0 saturated carbocycles. The molecule has 3 nitrogen and oxygen atoms in total. The van der Waals surface area contributed by atoms with Gasteiger partial charge in [-0.3, -0.25) is 0 Å². The molecule has 0 saturated heterocycles. The van der Waals surface area contributed by atoms with Crippen molar-refractivity contribution in [2.24, 2.45) is 0 Å². The first kappa shape index (κ1) is 13.1. The Hall–Kier alpha value is -2.29. The number of methoxy groups -OCH3 is 2. The molecule has 98 valence electrons. The third-order valence-electron chi connectivity index (χ3n) is 3.00. The third-order valence-corrected chi connectivity index (χ3v) is 3.00. The fraction of sp³-hybridized carbons (Fsp3) is 0.188. The van der Waals surface area contributed by atoms with E-state index < -0.39 is 0 Å². The van der Waals surface area contributed by atoms with Gasteiger partial charge in [0.2, 0.25) is 0 Å². The summed E-state index contributed by atoms with van der Waals surface area (Å²) < 4.78 is 10.8. The number of rotatable bonds is 5. The molecular formula is C16H16O3. The van der Waals surface area contributed by atoms with Crippen LogP contribution in [0.15, 0.2) is 42.5 Å². The van der Waals surface area contributed by atoms with E-state index in [0.717, 1.165) is 23.0 Å². The first-order chi connectivity index (χ1) is 9.31. The molecule has 0 fully saturated rings. The summed E-state index contributed by atoms with van der Waals surface area (Å²) >= 11 is 0. The van der Waals surface area contributed by atoms with E-state index in [0.29, 0.717) is 17.9 Å². The van der Waals surface area contributed by atoms with Crippen molar-refractivity contribution in [1.29, 1.82) is 0 Å². The zero-order valence-corrected chi connectivity index (χ0v) is 11.1. The predicted octanol–water partition coefficient (Wildman–Crippen LogP) is 3.11. The molecule has 2 rings (SSSR count). The van der Waals surface area contributed by atoms with E-state index in [4.69, 9.17) is 9.47 Å². The fourth-order valence-corrected chi connectivity index (χ4v) is 2.15. The molecule has 0 bridgehead atoms. The molecule has 19 heavy (non-hydrogen) atoms. The molecule has 0 spiro atoms. The van der Waals surface area contributed by atoms with Crippen molar-refractivity contribution in [2.45, 2.75) is 6.42 Å². The van der Waals surface area contributed by atoms with Gasteiger partial charge in [-0.2, -0.15) is 0 Å². The van der Waals surface area contributed by atoms with E-state index >= 15 is 0 Å². The summed E-state index contributed by atoms with van der Waals surface area (Å²) in [7, 11) is 3.21. The highest BCUT2D eigenvalue weighted by Gasteiger charge is 2.16. The maximum Gasteiger partial charge on any atom is 0.168 e. The molecular weight excluding hydrogens is 240 g/mol. The first-order valence-corrected chi connectivity index (χ1v) is 6.04. The van der Waals surface area contributed by atoms with E-state index in [1.54, 1.807) is 14.2 Å². The normalized spacial score (nSPS) is 10.0. The molecule has 2 aromatic rings. The van der Waals surface area contributed by atoms with Crippen molar-refractivity contribution in [2.75, 3.05) is 14.2 Å². The van der Waals surface area contributed by atoms with Gasteiger partial charge < -0.3 is 14.3 Å². The number of hydrogen-bond donors (Lipinski definition) is 0. The number of ether oxygens (including phenoxy) is 2. The van der Waals surface area contributed by atoms with Crippen LogP contribution in [0.3, 0.4) is 0 Å². The fourth-order valence-electron chi connectivity index (χ4n) is 2.15. The predicted molar refractivity (Wildman–Crippen MR) is 74.8 cm³/mol. The highest BCUT2D eigenvalue weighted by atomic mass is 16.5. The Kier molecular flexibility index (Phi) is 4.18. The molecule has 0 aliphatic rings. The highest BCUT2D eigenvalue weighted by Crippen LogP contribution is 2.40. The summed E-state index contributed by atoms with van der Waals surface area (Å²) in [5, 5.41) is 0. The van der Waals surface area contributed by atoms with Gasteiger partial charge in [0.25, 0.3) is 0 Å². The van der Waals surface area contributed by atoms with Crippen molar-refractivity contribution in [3.05, 3.63) is 48.0 Å². The van der Waals surface area contributed by atoms with E-state index in [2.05, 4.69) is 0 Å². The molecule has 0 atom stereocenters. The largest absolute Gasteiger partial charge is 0.493 e. The van der Waals surface area contributed by atoms with Gasteiger partial charge in [-0.25, -0.2) is 0 Å². The smallest absolute Gasteiger partial charge is 0.168 e. The van der Waals surface area contributed by atoms with E-state index in [-0.39, 0.29) is 0 Å². The second-order valence-corrected chi connectivity index (χ2v) is 4.07. The average molecular weight is 256 g/mol. The Balaban J connectivity index is 2.69. The monoisotopic (exact) mass is 256 g/mol. The quantitative estimate of drug-likeness (QED) is 0.771. The van der Waals surface area contributed by atoms with E-state index in [9.17, 15) is 4.79 Å². The lowest BCUT2D eigenvalue weighted by atomic mass is 9.96. The van der Waals surface area contributed by atoms with Crippen molar-refractivity contribution >= 4 is 6.29 Å². The number of carbonyl (C=O) groups excluding carboxylic acids is 1. The van der Waals surface area contributed by atoms with Gasteiger partial charge >= 0.3 is 0 Å². The van der Waals surface area contributed by atoms with Crippen molar-refractivity contribution in [3.8, 4) is 22.6 Å².